The van der Waals surface area contributed by atoms with E-state index in [1.807, 2.05) is 6.07 Å². The van der Waals surface area contributed by atoms with Gasteiger partial charge in [0.2, 0.25) is 0 Å². The number of aromatic nitrogens is 1. The van der Waals surface area contributed by atoms with Gasteiger partial charge in [-0.3, -0.25) is 0 Å². The van der Waals surface area contributed by atoms with E-state index >= 15 is 0 Å². The summed E-state index contributed by atoms with van der Waals surface area (Å²) in [7, 11) is 1.71. The zero-order valence-corrected chi connectivity index (χ0v) is 9.34. The van der Waals surface area contributed by atoms with Crippen LogP contribution in [0.4, 0.5) is 11.5 Å². The van der Waals surface area contributed by atoms with E-state index < -0.39 is 0 Å². The summed E-state index contributed by atoms with van der Waals surface area (Å²) in [5.74, 6) is 0.867. The quantitative estimate of drug-likeness (QED) is 0.829. The monoisotopic (exact) mass is 227 g/mol. The Morgan fingerprint density at radius 1 is 1.67 bits per heavy atom. The molecule has 1 aromatic rings. The van der Waals surface area contributed by atoms with Crippen LogP contribution in [-0.4, -0.2) is 31.3 Å². The lowest BCUT2D eigenvalue weighted by atomic mass is 10.1. The summed E-state index contributed by atoms with van der Waals surface area (Å²) in [6.07, 6.45) is 2.61. The van der Waals surface area contributed by atoms with Gasteiger partial charge in [0.25, 0.3) is 0 Å². The molecular formula is C10H14ClN3O. The second kappa shape index (κ2) is 4.68. The third kappa shape index (κ3) is 2.52. The SMILES string of the molecule is COCCC1CNc2cc(Cl)cnc2N1. The van der Waals surface area contributed by atoms with Gasteiger partial charge in [0.15, 0.2) is 0 Å². The number of fused-ring (bicyclic) bond motifs is 1. The number of methoxy groups -OCH3 is 1. The molecule has 1 aliphatic heterocycles. The summed E-state index contributed by atoms with van der Waals surface area (Å²) >= 11 is 5.85. The molecule has 4 nitrogen and oxygen atoms in total. The number of nitrogens with one attached hydrogen (secondary N) is 2. The highest BCUT2D eigenvalue weighted by molar-refractivity contribution is 6.30. The Morgan fingerprint density at radius 3 is 3.33 bits per heavy atom. The Bertz CT molecular complexity index is 345. The van der Waals surface area contributed by atoms with Crippen molar-refractivity contribution in [2.24, 2.45) is 0 Å². The zero-order chi connectivity index (χ0) is 10.7. The van der Waals surface area contributed by atoms with Gasteiger partial charge < -0.3 is 15.4 Å². The van der Waals surface area contributed by atoms with E-state index in [1.165, 1.54) is 0 Å². The van der Waals surface area contributed by atoms with E-state index in [1.54, 1.807) is 13.3 Å². The first-order valence-corrected chi connectivity index (χ1v) is 5.32. The maximum Gasteiger partial charge on any atom is 0.149 e. The van der Waals surface area contributed by atoms with Gasteiger partial charge in [-0.15, -0.1) is 0 Å². The van der Waals surface area contributed by atoms with Gasteiger partial charge in [-0.1, -0.05) is 11.6 Å². The molecule has 0 amide bonds. The van der Waals surface area contributed by atoms with Gasteiger partial charge >= 0.3 is 0 Å². The average Bonchev–Trinajstić information content (AvgIpc) is 2.26. The molecule has 2 heterocycles. The first-order valence-electron chi connectivity index (χ1n) is 4.94. The van der Waals surface area contributed by atoms with Crippen LogP contribution in [0, 0.1) is 0 Å². The van der Waals surface area contributed by atoms with E-state index in [4.69, 9.17) is 16.3 Å². The largest absolute Gasteiger partial charge is 0.385 e. The van der Waals surface area contributed by atoms with Gasteiger partial charge in [-0.25, -0.2) is 4.98 Å². The van der Waals surface area contributed by atoms with Gasteiger partial charge in [0, 0.05) is 32.5 Å². The highest BCUT2D eigenvalue weighted by Crippen LogP contribution is 2.26. The van der Waals surface area contributed by atoms with Gasteiger partial charge in [-0.2, -0.15) is 0 Å². The van der Waals surface area contributed by atoms with Crippen LogP contribution in [-0.2, 0) is 4.74 Å². The van der Waals surface area contributed by atoms with Crippen LogP contribution in [0.25, 0.3) is 0 Å². The molecule has 5 heteroatoms. The molecule has 1 aromatic heterocycles. The number of pyridine rings is 1. The minimum Gasteiger partial charge on any atom is -0.385 e. The predicted molar refractivity (Wildman–Crippen MR) is 61.6 cm³/mol. The molecule has 0 saturated heterocycles. The molecule has 15 heavy (non-hydrogen) atoms. The number of halogens is 1. The molecule has 0 saturated carbocycles. The maximum atomic E-state index is 5.85. The van der Waals surface area contributed by atoms with Gasteiger partial charge in [0.05, 0.1) is 10.7 Å². The van der Waals surface area contributed by atoms with Crippen LogP contribution in [0.15, 0.2) is 12.3 Å². The van der Waals surface area contributed by atoms with Crippen LogP contribution in [0.3, 0.4) is 0 Å². The third-order valence-corrected chi connectivity index (χ3v) is 2.61. The van der Waals surface area contributed by atoms with Crippen LogP contribution >= 0.6 is 11.6 Å². The molecular weight excluding hydrogens is 214 g/mol. The molecule has 0 fully saturated rings. The van der Waals surface area contributed by atoms with Crippen LogP contribution < -0.4 is 10.6 Å². The van der Waals surface area contributed by atoms with Crippen LogP contribution in [0.1, 0.15) is 6.42 Å². The number of hydrogen-bond donors (Lipinski definition) is 2. The fourth-order valence-electron chi connectivity index (χ4n) is 1.60. The van der Waals surface area contributed by atoms with Gasteiger partial charge in [-0.05, 0) is 12.5 Å². The Morgan fingerprint density at radius 2 is 2.53 bits per heavy atom. The lowest BCUT2D eigenvalue weighted by molar-refractivity contribution is 0.190. The molecule has 0 radical (unpaired) electrons. The van der Waals surface area contributed by atoms with Crippen molar-refractivity contribution in [1.29, 1.82) is 0 Å². The summed E-state index contributed by atoms with van der Waals surface area (Å²) in [5, 5.41) is 7.30. The van der Waals surface area contributed by atoms with E-state index in [9.17, 15) is 0 Å². The molecule has 2 rings (SSSR count). The summed E-state index contributed by atoms with van der Waals surface area (Å²) < 4.78 is 5.04. The summed E-state index contributed by atoms with van der Waals surface area (Å²) in [6.45, 7) is 1.63. The average molecular weight is 228 g/mol. The minimum absolute atomic E-state index is 0.367. The smallest absolute Gasteiger partial charge is 0.149 e. The highest BCUT2D eigenvalue weighted by atomic mass is 35.5. The van der Waals surface area contributed by atoms with Crippen LogP contribution in [0.2, 0.25) is 5.02 Å². The maximum absolute atomic E-state index is 5.85. The lowest BCUT2D eigenvalue weighted by Gasteiger charge is -2.27. The molecule has 1 unspecified atom stereocenters. The minimum atomic E-state index is 0.367. The predicted octanol–water partition coefficient (Wildman–Crippen LogP) is 1.98. The Hall–Kier alpha value is -1.00. The fourth-order valence-corrected chi connectivity index (χ4v) is 1.76. The topological polar surface area (TPSA) is 46.2 Å². The number of rotatable bonds is 3. The molecule has 2 N–H and O–H groups in total. The van der Waals surface area contributed by atoms with Gasteiger partial charge in [0.1, 0.15) is 5.82 Å². The lowest BCUT2D eigenvalue weighted by Crippen LogP contribution is -2.34. The number of hydrogen-bond acceptors (Lipinski definition) is 4. The molecule has 1 aliphatic rings. The molecule has 0 aromatic carbocycles. The first kappa shape index (κ1) is 10.5. The molecule has 1 atom stereocenters. The van der Waals surface area contributed by atoms with Crippen molar-refractivity contribution in [2.75, 3.05) is 30.9 Å². The third-order valence-electron chi connectivity index (χ3n) is 2.40. The normalized spacial score (nSPS) is 18.9. The van der Waals surface area contributed by atoms with Crippen molar-refractivity contribution < 1.29 is 4.74 Å². The summed E-state index contributed by atoms with van der Waals surface area (Å²) in [6, 6.07) is 2.25. The first-order chi connectivity index (χ1) is 7.29. The zero-order valence-electron chi connectivity index (χ0n) is 8.59. The number of nitrogens with zero attached hydrogens (tertiary/aromatic N) is 1. The Balaban J connectivity index is 2.03. The van der Waals surface area contributed by atoms with Crippen molar-refractivity contribution in [2.45, 2.75) is 12.5 Å². The van der Waals surface area contributed by atoms with Crippen molar-refractivity contribution in [3.05, 3.63) is 17.3 Å². The number of anilines is 2. The van der Waals surface area contributed by atoms with E-state index in [2.05, 4.69) is 15.6 Å². The van der Waals surface area contributed by atoms with Crippen molar-refractivity contribution in [3.63, 3.8) is 0 Å². The standard InChI is InChI=1S/C10H14ClN3O/c1-15-3-2-8-6-12-9-4-7(11)5-13-10(9)14-8/h4-5,8,12H,2-3,6H2,1H3,(H,13,14). The second-order valence-electron chi connectivity index (χ2n) is 3.55. The molecule has 0 spiro atoms. The van der Waals surface area contributed by atoms with Crippen molar-refractivity contribution in [1.82, 2.24) is 4.98 Å². The summed E-state index contributed by atoms with van der Waals surface area (Å²) in [5.41, 5.74) is 0.969. The van der Waals surface area contributed by atoms with Crippen molar-refractivity contribution in [3.8, 4) is 0 Å². The van der Waals surface area contributed by atoms with E-state index in [0.717, 1.165) is 31.1 Å². The fraction of sp³-hybridized carbons (Fsp3) is 0.500. The Labute approximate surface area is 94.0 Å². The Kier molecular flexibility index (Phi) is 3.28. The molecule has 0 bridgehead atoms. The summed E-state index contributed by atoms with van der Waals surface area (Å²) in [4.78, 5) is 4.23. The molecule has 82 valence electrons. The van der Waals surface area contributed by atoms with Crippen molar-refractivity contribution >= 4 is 23.1 Å². The molecule has 0 aliphatic carbocycles. The number of ether oxygens (including phenoxy) is 1. The van der Waals surface area contributed by atoms with Crippen LogP contribution in [0.5, 0.6) is 0 Å². The highest BCUT2D eigenvalue weighted by Gasteiger charge is 2.17. The second-order valence-corrected chi connectivity index (χ2v) is 3.99. The van der Waals surface area contributed by atoms with E-state index in [0.29, 0.717) is 11.1 Å². The van der Waals surface area contributed by atoms with E-state index in [-0.39, 0.29) is 0 Å².